The van der Waals surface area contributed by atoms with Gasteiger partial charge >= 0.3 is 0 Å². The maximum Gasteiger partial charge on any atom is 0.231 e. The van der Waals surface area contributed by atoms with Gasteiger partial charge in [-0.2, -0.15) is 0 Å². The summed E-state index contributed by atoms with van der Waals surface area (Å²) in [6.07, 6.45) is 0. The van der Waals surface area contributed by atoms with Crippen molar-refractivity contribution in [2.75, 3.05) is 6.79 Å². The summed E-state index contributed by atoms with van der Waals surface area (Å²) in [6.45, 7) is 2.85. The zero-order valence-electron chi connectivity index (χ0n) is 11.5. The fraction of sp³-hybridized carbons (Fsp3) is 0.250. The molecule has 1 aliphatic rings. The van der Waals surface area contributed by atoms with E-state index >= 15 is 0 Å². The highest BCUT2D eigenvalue weighted by Crippen LogP contribution is 2.35. The van der Waals surface area contributed by atoms with Crippen LogP contribution in [0.1, 0.15) is 24.1 Å². The summed E-state index contributed by atoms with van der Waals surface area (Å²) in [6, 6.07) is 10.2. The monoisotopic (exact) mass is 307 g/mol. The Morgan fingerprint density at radius 2 is 2.14 bits per heavy atom. The molecule has 0 bridgehead atoms. The SMILES string of the molecule is CC(NCc1cccc2c1OCO2)c1ccc(F)cc1Cl. The number of rotatable bonds is 4. The van der Waals surface area contributed by atoms with Crippen molar-refractivity contribution in [3.63, 3.8) is 0 Å². The summed E-state index contributed by atoms with van der Waals surface area (Å²) >= 11 is 6.08. The summed E-state index contributed by atoms with van der Waals surface area (Å²) in [5, 5.41) is 3.79. The molecule has 0 amide bonds. The highest BCUT2D eigenvalue weighted by molar-refractivity contribution is 6.31. The Hall–Kier alpha value is -1.78. The van der Waals surface area contributed by atoms with Gasteiger partial charge in [-0.25, -0.2) is 4.39 Å². The van der Waals surface area contributed by atoms with Crippen LogP contribution in [0.25, 0.3) is 0 Å². The first-order chi connectivity index (χ1) is 10.1. The van der Waals surface area contributed by atoms with Gasteiger partial charge in [-0.05, 0) is 30.7 Å². The first-order valence-corrected chi connectivity index (χ1v) is 7.09. The standard InChI is InChI=1S/C16H15ClFNO2/c1-10(13-6-5-12(18)7-14(13)17)19-8-11-3-2-4-15-16(11)21-9-20-15/h2-7,10,19H,8-9H2,1H3. The second-order valence-corrected chi connectivity index (χ2v) is 5.33. The predicted octanol–water partition coefficient (Wildman–Crippen LogP) is 4.06. The smallest absolute Gasteiger partial charge is 0.231 e. The number of hydrogen-bond donors (Lipinski definition) is 1. The van der Waals surface area contributed by atoms with Gasteiger partial charge in [-0.1, -0.05) is 29.8 Å². The average molecular weight is 308 g/mol. The van der Waals surface area contributed by atoms with Gasteiger partial charge in [0.25, 0.3) is 0 Å². The molecule has 0 spiro atoms. The zero-order chi connectivity index (χ0) is 14.8. The van der Waals surface area contributed by atoms with Crippen molar-refractivity contribution in [3.8, 4) is 11.5 Å². The maximum absolute atomic E-state index is 13.1. The molecule has 2 aromatic carbocycles. The normalized spacial score (nSPS) is 14.2. The minimum atomic E-state index is -0.331. The molecule has 1 aliphatic heterocycles. The van der Waals surface area contributed by atoms with Gasteiger partial charge in [0.15, 0.2) is 11.5 Å². The molecule has 1 atom stereocenters. The van der Waals surface area contributed by atoms with Gasteiger partial charge in [-0.3, -0.25) is 0 Å². The van der Waals surface area contributed by atoms with Gasteiger partial charge < -0.3 is 14.8 Å². The lowest BCUT2D eigenvalue weighted by molar-refractivity contribution is 0.173. The van der Waals surface area contributed by atoms with E-state index < -0.39 is 0 Å². The van der Waals surface area contributed by atoms with Crippen LogP contribution in [0, 0.1) is 5.82 Å². The van der Waals surface area contributed by atoms with Crippen molar-refractivity contribution < 1.29 is 13.9 Å². The number of para-hydroxylation sites is 1. The van der Waals surface area contributed by atoms with Crippen molar-refractivity contribution >= 4 is 11.6 Å². The molecule has 21 heavy (non-hydrogen) atoms. The predicted molar refractivity (Wildman–Crippen MR) is 79.2 cm³/mol. The topological polar surface area (TPSA) is 30.5 Å². The van der Waals surface area contributed by atoms with Crippen molar-refractivity contribution in [1.29, 1.82) is 0 Å². The Balaban J connectivity index is 1.72. The molecule has 0 saturated heterocycles. The van der Waals surface area contributed by atoms with Crippen molar-refractivity contribution in [2.45, 2.75) is 19.5 Å². The largest absolute Gasteiger partial charge is 0.454 e. The minimum Gasteiger partial charge on any atom is -0.454 e. The van der Waals surface area contributed by atoms with Crippen LogP contribution in [0.4, 0.5) is 4.39 Å². The van der Waals surface area contributed by atoms with Crippen molar-refractivity contribution in [3.05, 3.63) is 58.4 Å². The van der Waals surface area contributed by atoms with E-state index in [9.17, 15) is 4.39 Å². The van der Waals surface area contributed by atoms with E-state index in [4.69, 9.17) is 21.1 Å². The molecule has 5 heteroatoms. The van der Waals surface area contributed by atoms with Crippen molar-refractivity contribution in [2.24, 2.45) is 0 Å². The summed E-state index contributed by atoms with van der Waals surface area (Å²) < 4.78 is 23.9. The fourth-order valence-electron chi connectivity index (χ4n) is 2.36. The fourth-order valence-corrected chi connectivity index (χ4v) is 2.69. The van der Waals surface area contributed by atoms with Crippen LogP contribution in [-0.4, -0.2) is 6.79 Å². The van der Waals surface area contributed by atoms with Crippen LogP contribution in [-0.2, 0) is 6.54 Å². The lowest BCUT2D eigenvalue weighted by Gasteiger charge is -2.16. The molecule has 0 aliphatic carbocycles. The van der Waals surface area contributed by atoms with E-state index in [1.165, 1.54) is 12.1 Å². The number of ether oxygens (including phenoxy) is 2. The summed E-state index contributed by atoms with van der Waals surface area (Å²) in [7, 11) is 0. The van der Waals surface area contributed by atoms with Crippen LogP contribution in [0.3, 0.4) is 0 Å². The van der Waals surface area contributed by atoms with E-state index in [1.54, 1.807) is 6.07 Å². The molecule has 110 valence electrons. The third-order valence-corrected chi connectivity index (χ3v) is 3.83. The molecule has 0 radical (unpaired) electrons. The van der Waals surface area contributed by atoms with Crippen LogP contribution < -0.4 is 14.8 Å². The zero-order valence-corrected chi connectivity index (χ0v) is 12.3. The first kappa shape index (κ1) is 14.2. The number of nitrogens with one attached hydrogen (secondary N) is 1. The number of benzene rings is 2. The molecule has 1 unspecified atom stereocenters. The maximum atomic E-state index is 13.1. The Morgan fingerprint density at radius 1 is 1.29 bits per heavy atom. The van der Waals surface area contributed by atoms with Gasteiger partial charge in [0, 0.05) is 23.2 Å². The molecule has 2 aromatic rings. The second-order valence-electron chi connectivity index (χ2n) is 4.92. The molecular weight excluding hydrogens is 293 g/mol. The summed E-state index contributed by atoms with van der Waals surface area (Å²) in [5.41, 5.74) is 1.89. The Morgan fingerprint density at radius 3 is 2.95 bits per heavy atom. The molecule has 3 nitrogen and oxygen atoms in total. The van der Waals surface area contributed by atoms with Gasteiger partial charge in [0.1, 0.15) is 5.82 Å². The summed E-state index contributed by atoms with van der Waals surface area (Å²) in [4.78, 5) is 0. The van der Waals surface area contributed by atoms with Gasteiger partial charge in [0.05, 0.1) is 0 Å². The van der Waals surface area contributed by atoms with Gasteiger partial charge in [-0.15, -0.1) is 0 Å². The van der Waals surface area contributed by atoms with Crippen LogP contribution >= 0.6 is 11.6 Å². The van der Waals surface area contributed by atoms with E-state index in [2.05, 4.69) is 5.32 Å². The molecule has 3 rings (SSSR count). The van der Waals surface area contributed by atoms with Crippen molar-refractivity contribution in [1.82, 2.24) is 5.32 Å². The minimum absolute atomic E-state index is 0.00345. The Kier molecular flexibility index (Phi) is 3.99. The molecule has 0 aromatic heterocycles. The highest BCUT2D eigenvalue weighted by Gasteiger charge is 2.18. The van der Waals surface area contributed by atoms with E-state index in [0.717, 1.165) is 22.6 Å². The number of hydrogen-bond acceptors (Lipinski definition) is 3. The molecule has 1 N–H and O–H groups in total. The molecule has 0 fully saturated rings. The first-order valence-electron chi connectivity index (χ1n) is 6.71. The van der Waals surface area contributed by atoms with Crippen LogP contribution in [0.5, 0.6) is 11.5 Å². The van der Waals surface area contributed by atoms with Crippen LogP contribution in [0.15, 0.2) is 36.4 Å². The Labute approximate surface area is 127 Å². The lowest BCUT2D eigenvalue weighted by atomic mass is 10.1. The highest BCUT2D eigenvalue weighted by atomic mass is 35.5. The second kappa shape index (κ2) is 5.92. The number of fused-ring (bicyclic) bond motifs is 1. The van der Waals surface area contributed by atoms with Crippen LogP contribution in [0.2, 0.25) is 5.02 Å². The Bertz CT molecular complexity index is 663. The molecule has 0 saturated carbocycles. The van der Waals surface area contributed by atoms with E-state index in [0.29, 0.717) is 11.6 Å². The third-order valence-electron chi connectivity index (χ3n) is 3.51. The molecular formula is C16H15ClFNO2. The lowest BCUT2D eigenvalue weighted by Crippen LogP contribution is -2.18. The van der Waals surface area contributed by atoms with E-state index in [-0.39, 0.29) is 18.7 Å². The molecule has 1 heterocycles. The number of halogens is 2. The van der Waals surface area contributed by atoms with Gasteiger partial charge in [0.2, 0.25) is 6.79 Å². The summed E-state index contributed by atoms with van der Waals surface area (Å²) in [5.74, 6) is 1.21. The quantitative estimate of drug-likeness (QED) is 0.924. The average Bonchev–Trinajstić information content (AvgIpc) is 2.93. The third kappa shape index (κ3) is 2.96. The van der Waals surface area contributed by atoms with E-state index in [1.807, 2.05) is 25.1 Å².